The fourth-order valence-corrected chi connectivity index (χ4v) is 6.38. The topological polar surface area (TPSA) is 82.5 Å². The normalized spacial score (nSPS) is 15.3. The van der Waals surface area contributed by atoms with Gasteiger partial charge in [0.05, 0.1) is 24.8 Å². The molecule has 33 heavy (non-hydrogen) atoms. The second-order valence-corrected chi connectivity index (χ2v) is 10.1. The summed E-state index contributed by atoms with van der Waals surface area (Å²) in [5.74, 6) is 2.00. The maximum absolute atomic E-state index is 13.2. The number of rotatable bonds is 9. The maximum Gasteiger partial charge on any atom is 0.263 e. The molecule has 2 heterocycles. The summed E-state index contributed by atoms with van der Waals surface area (Å²) in [4.78, 5) is 32.5. The summed E-state index contributed by atoms with van der Waals surface area (Å²) in [7, 11) is 1.59. The third-order valence-corrected chi connectivity index (χ3v) is 7.90. The van der Waals surface area contributed by atoms with Crippen molar-refractivity contribution in [2.24, 2.45) is 5.92 Å². The first-order valence-electron chi connectivity index (χ1n) is 11.2. The van der Waals surface area contributed by atoms with Crippen LogP contribution in [0.25, 0.3) is 10.2 Å². The molecule has 0 fully saturated rings. The molecule has 1 atom stereocenters. The quantitative estimate of drug-likeness (QED) is 0.280. The van der Waals surface area contributed by atoms with Gasteiger partial charge >= 0.3 is 0 Å². The van der Waals surface area contributed by atoms with E-state index in [9.17, 15) is 9.59 Å². The minimum absolute atomic E-state index is 0.0164. The molecule has 1 aromatic carbocycles. The molecule has 4 rings (SSSR count). The Morgan fingerprint density at radius 2 is 2.12 bits per heavy atom. The molecule has 9 heteroatoms. The van der Waals surface area contributed by atoms with Gasteiger partial charge in [0.1, 0.15) is 11.4 Å². The van der Waals surface area contributed by atoms with Gasteiger partial charge in [-0.2, -0.15) is 0 Å². The summed E-state index contributed by atoms with van der Waals surface area (Å²) in [5.41, 5.74) is 1.21. The number of hydrogen-bond acceptors (Lipinski definition) is 7. The number of para-hydroxylation sites is 2. The van der Waals surface area contributed by atoms with Crippen LogP contribution >= 0.6 is 23.1 Å². The molecular formula is C24H29N3O4S2. The zero-order valence-corrected chi connectivity index (χ0v) is 20.8. The number of methoxy groups -OCH3 is 1. The Morgan fingerprint density at radius 3 is 2.88 bits per heavy atom. The molecule has 2 aromatic heterocycles. The molecule has 3 aromatic rings. The molecule has 1 N–H and O–H groups in total. The van der Waals surface area contributed by atoms with Crippen LogP contribution in [0.5, 0.6) is 11.5 Å². The second-order valence-electron chi connectivity index (χ2n) is 8.11. The predicted octanol–water partition coefficient (Wildman–Crippen LogP) is 3.90. The molecule has 1 unspecified atom stereocenters. The van der Waals surface area contributed by atoms with E-state index in [0.717, 1.165) is 29.5 Å². The van der Waals surface area contributed by atoms with Crippen LogP contribution in [0.15, 0.2) is 34.2 Å². The summed E-state index contributed by atoms with van der Waals surface area (Å²) in [6.45, 7) is 5.43. The number of carbonyl (C=O) groups is 1. The number of fused-ring (bicyclic) bond motifs is 3. The lowest BCUT2D eigenvalue weighted by Crippen LogP contribution is -2.30. The van der Waals surface area contributed by atoms with Crippen LogP contribution in [0.4, 0.5) is 0 Å². The van der Waals surface area contributed by atoms with Gasteiger partial charge < -0.3 is 14.8 Å². The Balaban J connectivity index is 1.37. The molecule has 7 nitrogen and oxygen atoms in total. The SMILES string of the molecule is CCn1c(SCC(=O)NCCOc2ccccc2OC)nc2sc3c(c2c1=O)CCC(C)C3. The van der Waals surface area contributed by atoms with E-state index in [-0.39, 0.29) is 17.2 Å². The van der Waals surface area contributed by atoms with Crippen LogP contribution in [-0.4, -0.2) is 41.5 Å². The molecule has 1 aliphatic rings. The number of thioether (sulfide) groups is 1. The Morgan fingerprint density at radius 1 is 1.33 bits per heavy atom. The van der Waals surface area contributed by atoms with Gasteiger partial charge in [0.25, 0.3) is 5.56 Å². The summed E-state index contributed by atoms with van der Waals surface area (Å²) in [5, 5.41) is 4.24. The van der Waals surface area contributed by atoms with E-state index < -0.39 is 0 Å². The highest BCUT2D eigenvalue weighted by Crippen LogP contribution is 2.36. The Bertz CT molecular complexity index is 1200. The number of hydrogen-bond donors (Lipinski definition) is 1. The molecule has 0 bridgehead atoms. The van der Waals surface area contributed by atoms with Crippen LogP contribution in [-0.2, 0) is 24.2 Å². The van der Waals surface area contributed by atoms with E-state index >= 15 is 0 Å². The summed E-state index contributed by atoms with van der Waals surface area (Å²) in [6.07, 6.45) is 3.08. The van der Waals surface area contributed by atoms with Crippen molar-refractivity contribution < 1.29 is 14.3 Å². The lowest BCUT2D eigenvalue weighted by molar-refractivity contribution is -0.118. The highest BCUT2D eigenvalue weighted by atomic mass is 32.2. The van der Waals surface area contributed by atoms with E-state index in [0.29, 0.717) is 42.3 Å². The van der Waals surface area contributed by atoms with Gasteiger partial charge in [0.2, 0.25) is 5.91 Å². The lowest BCUT2D eigenvalue weighted by atomic mass is 9.89. The van der Waals surface area contributed by atoms with E-state index in [1.54, 1.807) is 23.0 Å². The van der Waals surface area contributed by atoms with Crippen molar-refractivity contribution in [3.05, 3.63) is 45.1 Å². The lowest BCUT2D eigenvalue weighted by Gasteiger charge is -2.17. The van der Waals surface area contributed by atoms with Crippen molar-refractivity contribution in [1.82, 2.24) is 14.9 Å². The van der Waals surface area contributed by atoms with E-state index in [4.69, 9.17) is 14.5 Å². The highest BCUT2D eigenvalue weighted by molar-refractivity contribution is 7.99. The zero-order valence-electron chi connectivity index (χ0n) is 19.2. The first-order valence-corrected chi connectivity index (χ1v) is 13.0. The number of carbonyl (C=O) groups excluding carboxylic acids is 1. The second kappa shape index (κ2) is 10.6. The van der Waals surface area contributed by atoms with Crippen LogP contribution in [0.2, 0.25) is 0 Å². The fourth-order valence-electron chi connectivity index (χ4n) is 4.06. The van der Waals surface area contributed by atoms with Crippen molar-refractivity contribution >= 4 is 39.2 Å². The zero-order chi connectivity index (χ0) is 23.4. The average Bonchev–Trinajstić information content (AvgIpc) is 3.18. The predicted molar refractivity (Wildman–Crippen MR) is 133 cm³/mol. The largest absolute Gasteiger partial charge is 0.493 e. The van der Waals surface area contributed by atoms with Gasteiger partial charge in [-0.15, -0.1) is 11.3 Å². The number of aryl methyl sites for hydroxylation is 1. The van der Waals surface area contributed by atoms with Crippen molar-refractivity contribution in [1.29, 1.82) is 0 Å². The maximum atomic E-state index is 13.2. The highest BCUT2D eigenvalue weighted by Gasteiger charge is 2.24. The molecule has 0 aliphatic heterocycles. The Labute approximate surface area is 201 Å². The van der Waals surface area contributed by atoms with Gasteiger partial charge in [-0.05, 0) is 49.8 Å². The molecule has 0 radical (unpaired) electrons. The average molecular weight is 488 g/mol. The van der Waals surface area contributed by atoms with Gasteiger partial charge in [-0.25, -0.2) is 4.98 Å². The van der Waals surface area contributed by atoms with Crippen molar-refractivity contribution in [2.45, 2.75) is 44.8 Å². The van der Waals surface area contributed by atoms with Gasteiger partial charge in [0, 0.05) is 11.4 Å². The minimum Gasteiger partial charge on any atom is -0.493 e. The van der Waals surface area contributed by atoms with E-state index in [1.165, 1.54) is 22.2 Å². The molecule has 0 spiro atoms. The molecule has 0 saturated heterocycles. The molecule has 1 aliphatic carbocycles. The van der Waals surface area contributed by atoms with E-state index in [2.05, 4.69) is 12.2 Å². The fraction of sp³-hybridized carbons (Fsp3) is 0.458. The van der Waals surface area contributed by atoms with Crippen LogP contribution in [0, 0.1) is 5.92 Å². The minimum atomic E-state index is -0.125. The standard InChI is InChI=1S/C24H29N3O4S2/c1-4-27-23(29)21-16-10-9-15(2)13-19(16)33-22(21)26-24(27)32-14-20(28)25-11-12-31-18-8-6-5-7-17(18)30-3/h5-8,15H,4,9-14H2,1-3H3,(H,25,28). The number of thiophene rings is 1. The van der Waals surface area contributed by atoms with Crippen molar-refractivity contribution in [3.63, 3.8) is 0 Å². The number of amides is 1. The van der Waals surface area contributed by atoms with Gasteiger partial charge in [-0.3, -0.25) is 14.2 Å². The third kappa shape index (κ3) is 5.19. The van der Waals surface area contributed by atoms with Crippen LogP contribution < -0.4 is 20.3 Å². The molecular weight excluding hydrogens is 458 g/mol. The van der Waals surface area contributed by atoms with E-state index in [1.807, 2.05) is 31.2 Å². The first kappa shape index (κ1) is 23.6. The van der Waals surface area contributed by atoms with Crippen LogP contribution in [0.1, 0.15) is 30.7 Å². The summed E-state index contributed by atoms with van der Waals surface area (Å²) >= 11 is 2.94. The van der Waals surface area contributed by atoms with Gasteiger partial charge in [0.15, 0.2) is 16.7 Å². The number of benzene rings is 1. The van der Waals surface area contributed by atoms with Gasteiger partial charge in [-0.1, -0.05) is 30.8 Å². The summed E-state index contributed by atoms with van der Waals surface area (Å²) in [6, 6.07) is 7.39. The molecule has 0 saturated carbocycles. The number of nitrogens with zero attached hydrogens (tertiary/aromatic N) is 2. The third-order valence-electron chi connectivity index (χ3n) is 5.78. The Kier molecular flexibility index (Phi) is 7.60. The number of nitrogens with one attached hydrogen (secondary N) is 1. The Hall–Kier alpha value is -2.52. The van der Waals surface area contributed by atoms with Crippen LogP contribution in [0.3, 0.4) is 0 Å². The molecule has 176 valence electrons. The van der Waals surface area contributed by atoms with Crippen molar-refractivity contribution in [3.8, 4) is 11.5 Å². The van der Waals surface area contributed by atoms with Crippen molar-refractivity contribution in [2.75, 3.05) is 26.0 Å². The number of aromatic nitrogens is 2. The first-order chi connectivity index (χ1) is 16.0. The molecule has 1 amide bonds. The monoisotopic (exact) mass is 487 g/mol. The number of ether oxygens (including phenoxy) is 2. The smallest absolute Gasteiger partial charge is 0.263 e. The summed E-state index contributed by atoms with van der Waals surface area (Å²) < 4.78 is 12.6.